The molecule has 2 unspecified atom stereocenters. The largest absolute Gasteiger partial charge is 0.307 e. The van der Waals surface area contributed by atoms with E-state index in [0.717, 1.165) is 5.56 Å². The molecule has 130 valence electrons. The van der Waals surface area contributed by atoms with Gasteiger partial charge in [-0.25, -0.2) is 16.8 Å². The van der Waals surface area contributed by atoms with E-state index in [1.54, 1.807) is 12.1 Å². The summed E-state index contributed by atoms with van der Waals surface area (Å²) in [6.45, 7) is 3.38. The predicted molar refractivity (Wildman–Crippen MR) is 92.8 cm³/mol. The van der Waals surface area contributed by atoms with Crippen molar-refractivity contribution in [2.24, 2.45) is 0 Å². The van der Waals surface area contributed by atoms with Gasteiger partial charge in [-0.1, -0.05) is 31.2 Å². The number of fused-ring (bicyclic) bond motifs is 1. The third-order valence-corrected chi connectivity index (χ3v) is 10.7. The third-order valence-electron chi connectivity index (χ3n) is 4.90. The van der Waals surface area contributed by atoms with E-state index in [-0.39, 0.29) is 24.0 Å². The van der Waals surface area contributed by atoms with Gasteiger partial charge in [-0.15, -0.1) is 0 Å². The Morgan fingerprint density at radius 3 is 2.43 bits per heavy atom. The molecule has 1 heterocycles. The number of aryl methyl sites for hydroxylation is 1. The number of sulfone groups is 2. The molecular formula is C16H25NO4S2. The van der Waals surface area contributed by atoms with Crippen molar-refractivity contribution in [1.29, 1.82) is 0 Å². The second kappa shape index (κ2) is 6.18. The number of hydrogen-bond donors (Lipinski definition) is 0. The molecular weight excluding hydrogens is 334 g/mol. The van der Waals surface area contributed by atoms with Gasteiger partial charge in [0.05, 0.1) is 5.75 Å². The Hall–Kier alpha value is -0.920. The maximum atomic E-state index is 13.0. The Balaban J connectivity index is 2.83. The third kappa shape index (κ3) is 2.83. The molecule has 2 rings (SSSR count). The fourth-order valence-corrected chi connectivity index (χ4v) is 8.71. The molecule has 0 N–H and O–H groups in total. The number of benzene rings is 1. The van der Waals surface area contributed by atoms with E-state index < -0.39 is 23.8 Å². The van der Waals surface area contributed by atoms with E-state index in [2.05, 4.69) is 0 Å². The van der Waals surface area contributed by atoms with Crippen LogP contribution in [0.4, 0.5) is 0 Å². The van der Waals surface area contributed by atoms with Crippen LogP contribution in [-0.4, -0.2) is 53.4 Å². The number of rotatable bonds is 5. The van der Waals surface area contributed by atoms with Crippen LogP contribution in [-0.2, 0) is 30.2 Å². The van der Waals surface area contributed by atoms with E-state index >= 15 is 0 Å². The quantitative estimate of drug-likeness (QED) is 0.798. The molecule has 23 heavy (non-hydrogen) atoms. The van der Waals surface area contributed by atoms with Crippen molar-refractivity contribution in [3.05, 3.63) is 35.4 Å². The molecule has 1 aliphatic heterocycles. The molecule has 5 nitrogen and oxygen atoms in total. The monoisotopic (exact) mass is 359 g/mol. The fourth-order valence-electron chi connectivity index (χ4n) is 3.22. The first-order valence-corrected chi connectivity index (χ1v) is 11.1. The summed E-state index contributed by atoms with van der Waals surface area (Å²) < 4.78 is 50.3. The molecule has 0 saturated heterocycles. The summed E-state index contributed by atoms with van der Waals surface area (Å²) in [6.07, 6.45) is 0.422. The van der Waals surface area contributed by atoms with Gasteiger partial charge in [-0.3, -0.25) is 0 Å². The Morgan fingerprint density at radius 2 is 1.87 bits per heavy atom. The van der Waals surface area contributed by atoms with Crippen LogP contribution < -0.4 is 0 Å². The molecule has 1 aromatic carbocycles. The number of hydrogen-bond acceptors (Lipinski definition) is 5. The molecule has 0 fully saturated rings. The van der Waals surface area contributed by atoms with Crippen LogP contribution in [0, 0.1) is 0 Å². The van der Waals surface area contributed by atoms with Crippen LogP contribution in [0.2, 0.25) is 0 Å². The maximum absolute atomic E-state index is 13.0. The van der Waals surface area contributed by atoms with Crippen molar-refractivity contribution < 1.29 is 16.8 Å². The van der Waals surface area contributed by atoms with E-state index in [1.807, 2.05) is 38.1 Å². The van der Waals surface area contributed by atoms with Gasteiger partial charge >= 0.3 is 0 Å². The van der Waals surface area contributed by atoms with E-state index in [4.69, 9.17) is 0 Å². The van der Waals surface area contributed by atoms with Gasteiger partial charge in [-0.2, -0.15) is 0 Å². The summed E-state index contributed by atoms with van der Waals surface area (Å²) >= 11 is 0. The zero-order valence-electron chi connectivity index (χ0n) is 14.1. The average molecular weight is 360 g/mol. The lowest BCUT2D eigenvalue weighted by Crippen LogP contribution is -2.52. The molecule has 1 aliphatic rings. The molecule has 0 radical (unpaired) electrons. The summed E-state index contributed by atoms with van der Waals surface area (Å²) in [5.41, 5.74) is 1.27. The van der Waals surface area contributed by atoms with Crippen molar-refractivity contribution >= 4 is 19.7 Å². The SMILES string of the molecule is CCS(=O)(=O)C1(CC(C)N(C)C)c2ccccc2CCS1(=O)=O. The summed E-state index contributed by atoms with van der Waals surface area (Å²) in [5, 5.41) is 0. The smallest absolute Gasteiger partial charge is 0.199 e. The van der Waals surface area contributed by atoms with Gasteiger partial charge in [0.2, 0.25) is 0 Å². The minimum atomic E-state index is -3.85. The summed E-state index contributed by atoms with van der Waals surface area (Å²) in [4.78, 5) is 1.86. The normalized spacial score (nSPS) is 25.1. The van der Waals surface area contributed by atoms with E-state index in [1.165, 1.54) is 6.92 Å². The minimum absolute atomic E-state index is 0.0511. The first kappa shape index (κ1) is 18.4. The summed E-state index contributed by atoms with van der Waals surface area (Å²) in [6, 6.07) is 6.87. The van der Waals surface area contributed by atoms with Gasteiger partial charge in [0.15, 0.2) is 23.8 Å². The standard InChI is InChI=1S/C16H25NO4S2/c1-5-22(18,19)16(12-13(2)17(3)4)15-9-7-6-8-14(15)10-11-23(16,20)21/h6-9,13H,5,10-12H2,1-4H3. The lowest BCUT2D eigenvalue weighted by molar-refractivity contribution is 0.286. The molecule has 0 spiro atoms. The highest BCUT2D eigenvalue weighted by Crippen LogP contribution is 2.46. The highest BCUT2D eigenvalue weighted by atomic mass is 32.3. The molecule has 0 aromatic heterocycles. The zero-order chi connectivity index (χ0) is 17.5. The second-order valence-corrected chi connectivity index (χ2v) is 11.5. The highest BCUT2D eigenvalue weighted by Gasteiger charge is 2.58. The van der Waals surface area contributed by atoms with E-state index in [0.29, 0.717) is 12.0 Å². The fraction of sp³-hybridized carbons (Fsp3) is 0.625. The van der Waals surface area contributed by atoms with Crippen LogP contribution in [0.5, 0.6) is 0 Å². The van der Waals surface area contributed by atoms with Crippen LogP contribution >= 0.6 is 0 Å². The Bertz CT molecular complexity index is 784. The Kier molecular flexibility index (Phi) is 4.95. The highest BCUT2D eigenvalue weighted by molar-refractivity contribution is 8.09. The zero-order valence-corrected chi connectivity index (χ0v) is 15.7. The second-order valence-electron chi connectivity index (χ2n) is 6.40. The van der Waals surface area contributed by atoms with Crippen LogP contribution in [0.1, 0.15) is 31.4 Å². The molecule has 7 heteroatoms. The van der Waals surface area contributed by atoms with Crippen molar-refractivity contribution in [3.8, 4) is 0 Å². The van der Waals surface area contributed by atoms with Gasteiger partial charge in [0.25, 0.3) is 0 Å². The molecule has 0 saturated carbocycles. The first-order chi connectivity index (χ1) is 10.6. The van der Waals surface area contributed by atoms with E-state index in [9.17, 15) is 16.8 Å². The van der Waals surface area contributed by atoms with Gasteiger partial charge in [0.1, 0.15) is 0 Å². The summed E-state index contributed by atoms with van der Waals surface area (Å²) in [5.74, 6) is -0.315. The van der Waals surface area contributed by atoms with Crippen LogP contribution in [0.25, 0.3) is 0 Å². The number of nitrogens with zero attached hydrogens (tertiary/aromatic N) is 1. The lowest BCUT2D eigenvalue weighted by Gasteiger charge is -2.40. The lowest BCUT2D eigenvalue weighted by atomic mass is 9.97. The van der Waals surface area contributed by atoms with Crippen molar-refractivity contribution in [3.63, 3.8) is 0 Å². The van der Waals surface area contributed by atoms with Crippen molar-refractivity contribution in [1.82, 2.24) is 4.90 Å². The Morgan fingerprint density at radius 1 is 1.26 bits per heavy atom. The minimum Gasteiger partial charge on any atom is -0.307 e. The van der Waals surface area contributed by atoms with Gasteiger partial charge < -0.3 is 4.90 Å². The Labute approximate surface area is 139 Å². The first-order valence-electron chi connectivity index (χ1n) is 7.78. The van der Waals surface area contributed by atoms with Gasteiger partial charge in [-0.05, 0) is 38.6 Å². The molecule has 0 amide bonds. The summed E-state index contributed by atoms with van der Waals surface area (Å²) in [7, 11) is -4.00. The van der Waals surface area contributed by atoms with Gasteiger partial charge in [0, 0.05) is 18.2 Å². The topological polar surface area (TPSA) is 71.5 Å². The maximum Gasteiger partial charge on any atom is 0.199 e. The van der Waals surface area contributed by atoms with Crippen molar-refractivity contribution in [2.75, 3.05) is 25.6 Å². The predicted octanol–water partition coefficient (Wildman–Crippen LogP) is 1.59. The average Bonchev–Trinajstić information content (AvgIpc) is 2.49. The molecule has 1 aromatic rings. The molecule has 0 aliphatic carbocycles. The van der Waals surface area contributed by atoms with Crippen molar-refractivity contribution in [2.45, 2.75) is 36.8 Å². The van der Waals surface area contributed by atoms with Crippen LogP contribution in [0.15, 0.2) is 24.3 Å². The molecule has 0 bridgehead atoms. The molecule has 2 atom stereocenters. The van der Waals surface area contributed by atoms with Crippen LogP contribution in [0.3, 0.4) is 0 Å².